The van der Waals surface area contributed by atoms with Gasteiger partial charge in [-0.05, 0) is 63.9 Å². The predicted molar refractivity (Wildman–Crippen MR) is 244 cm³/mol. The molecule has 4 aromatic heterocycles. The number of nitrogens with zero attached hydrogens (tertiary/aromatic N) is 5. The number of benzene rings is 8. The van der Waals surface area contributed by atoms with Gasteiger partial charge in [0.1, 0.15) is 5.58 Å². The highest BCUT2D eigenvalue weighted by Crippen LogP contribution is 2.41. The normalized spacial score (nSPS) is 11.7. The second-order valence-corrected chi connectivity index (χ2v) is 15.0. The monoisotopic (exact) mass is 767 g/mol. The lowest BCUT2D eigenvalue weighted by molar-refractivity contribution is 0.668. The molecule has 4 heterocycles. The van der Waals surface area contributed by atoms with Crippen LogP contribution in [0.5, 0.6) is 0 Å². The maximum atomic E-state index is 6.45. The molecule has 0 saturated carbocycles. The average Bonchev–Trinajstić information content (AvgIpc) is 3.88. The molecule has 0 amide bonds. The van der Waals surface area contributed by atoms with E-state index in [-0.39, 0.29) is 0 Å². The minimum atomic E-state index is 0.596. The third kappa shape index (κ3) is 5.50. The minimum Gasteiger partial charge on any atom is -0.454 e. The van der Waals surface area contributed by atoms with E-state index in [0.29, 0.717) is 17.5 Å². The standard InChI is InChI=1S/C54H33N5O/c1-2-12-34(13-3-1)35-24-26-36(27-25-35)52-56-53(37-14-10-15-38(32-37)59-48-22-8-6-18-42(48)43-19-7-9-23-49(43)59)58-54(57-52)47-29-28-41(39-16-4-5-17-40(39)47)45-20-11-21-46-44-30-31-55-33-50(44)60-51(45)46/h1-33H. The molecular formula is C54H33N5O. The predicted octanol–water partition coefficient (Wildman–Crippen LogP) is 13.8. The summed E-state index contributed by atoms with van der Waals surface area (Å²) in [5.74, 6) is 1.80. The Balaban J connectivity index is 1.05. The summed E-state index contributed by atoms with van der Waals surface area (Å²) in [5, 5.41) is 6.65. The molecule has 0 spiro atoms. The molecule has 6 heteroatoms. The van der Waals surface area contributed by atoms with Crippen molar-refractivity contribution in [3.63, 3.8) is 0 Å². The maximum Gasteiger partial charge on any atom is 0.164 e. The van der Waals surface area contributed by atoms with Crippen LogP contribution in [0.25, 0.3) is 117 Å². The van der Waals surface area contributed by atoms with Crippen molar-refractivity contribution in [1.29, 1.82) is 0 Å². The van der Waals surface area contributed by atoms with Crippen molar-refractivity contribution in [1.82, 2.24) is 24.5 Å². The summed E-state index contributed by atoms with van der Waals surface area (Å²) in [6.45, 7) is 0. The second kappa shape index (κ2) is 13.7. The topological polar surface area (TPSA) is 69.6 Å². The molecule has 0 bridgehead atoms. The van der Waals surface area contributed by atoms with E-state index in [1.165, 1.54) is 10.8 Å². The van der Waals surface area contributed by atoms with Gasteiger partial charge in [0.05, 0.1) is 17.2 Å². The van der Waals surface area contributed by atoms with Crippen molar-refractivity contribution in [3.05, 3.63) is 200 Å². The molecular weight excluding hydrogens is 735 g/mol. The number of hydrogen-bond acceptors (Lipinski definition) is 5. The number of para-hydroxylation sites is 3. The SMILES string of the molecule is c1ccc(-c2ccc(-c3nc(-c4cccc(-n5c6ccccc6c6ccccc65)c4)nc(-c4ccc(-c5cccc6c5oc5cnccc56)c5ccccc45)n3)cc2)cc1. The van der Waals surface area contributed by atoms with Gasteiger partial charge in [0, 0.05) is 55.7 Å². The van der Waals surface area contributed by atoms with Crippen molar-refractivity contribution in [3.8, 4) is 62.1 Å². The second-order valence-electron chi connectivity index (χ2n) is 15.0. The fourth-order valence-electron chi connectivity index (χ4n) is 8.78. The van der Waals surface area contributed by atoms with E-state index in [2.05, 4.69) is 185 Å². The first-order valence-corrected chi connectivity index (χ1v) is 20.0. The van der Waals surface area contributed by atoms with E-state index in [9.17, 15) is 0 Å². The van der Waals surface area contributed by atoms with Gasteiger partial charge < -0.3 is 8.98 Å². The Morgan fingerprint density at radius 1 is 0.367 bits per heavy atom. The Morgan fingerprint density at radius 3 is 1.70 bits per heavy atom. The summed E-state index contributed by atoms with van der Waals surface area (Å²) >= 11 is 0. The van der Waals surface area contributed by atoms with E-state index in [1.54, 1.807) is 6.20 Å². The first kappa shape index (κ1) is 33.9. The van der Waals surface area contributed by atoms with Gasteiger partial charge in [-0.25, -0.2) is 15.0 Å². The molecule has 6 nitrogen and oxygen atoms in total. The van der Waals surface area contributed by atoms with E-state index in [4.69, 9.17) is 19.4 Å². The fourth-order valence-corrected chi connectivity index (χ4v) is 8.78. The highest BCUT2D eigenvalue weighted by Gasteiger charge is 2.20. The summed E-state index contributed by atoms with van der Waals surface area (Å²) in [4.78, 5) is 20.0. The number of pyridine rings is 1. The van der Waals surface area contributed by atoms with Crippen molar-refractivity contribution < 1.29 is 4.42 Å². The van der Waals surface area contributed by atoms with Crippen LogP contribution in [0.3, 0.4) is 0 Å². The summed E-state index contributed by atoms with van der Waals surface area (Å²) in [7, 11) is 0. The van der Waals surface area contributed by atoms with Crippen LogP contribution in [0.4, 0.5) is 0 Å². The van der Waals surface area contributed by atoms with Crippen LogP contribution in [0.15, 0.2) is 205 Å². The molecule has 12 rings (SSSR count). The number of furan rings is 1. The number of hydrogen-bond donors (Lipinski definition) is 0. The van der Waals surface area contributed by atoms with Gasteiger partial charge in [0.2, 0.25) is 0 Å². The third-order valence-corrected chi connectivity index (χ3v) is 11.6. The lowest BCUT2D eigenvalue weighted by Gasteiger charge is -2.14. The Morgan fingerprint density at radius 2 is 0.933 bits per heavy atom. The van der Waals surface area contributed by atoms with Gasteiger partial charge in [-0.3, -0.25) is 4.98 Å². The van der Waals surface area contributed by atoms with Crippen LogP contribution >= 0.6 is 0 Å². The Bertz CT molecular complexity index is 3550. The van der Waals surface area contributed by atoms with E-state index in [0.717, 1.165) is 88.4 Å². The van der Waals surface area contributed by atoms with Gasteiger partial charge >= 0.3 is 0 Å². The Labute approximate surface area is 344 Å². The highest BCUT2D eigenvalue weighted by atomic mass is 16.3. The van der Waals surface area contributed by atoms with Gasteiger partial charge in [0.25, 0.3) is 0 Å². The largest absolute Gasteiger partial charge is 0.454 e. The molecule has 0 aliphatic rings. The van der Waals surface area contributed by atoms with Crippen molar-refractivity contribution in [2.45, 2.75) is 0 Å². The van der Waals surface area contributed by atoms with Crippen LogP contribution < -0.4 is 0 Å². The molecule has 0 aliphatic carbocycles. The molecule has 280 valence electrons. The molecule has 0 atom stereocenters. The zero-order chi connectivity index (χ0) is 39.6. The van der Waals surface area contributed by atoms with Crippen LogP contribution in [0, 0.1) is 0 Å². The number of aromatic nitrogens is 5. The van der Waals surface area contributed by atoms with Crippen molar-refractivity contribution >= 4 is 54.5 Å². The summed E-state index contributed by atoms with van der Waals surface area (Å²) in [5.41, 5.74) is 12.0. The van der Waals surface area contributed by atoms with Crippen molar-refractivity contribution in [2.24, 2.45) is 0 Å². The smallest absolute Gasteiger partial charge is 0.164 e. The molecule has 0 radical (unpaired) electrons. The highest BCUT2D eigenvalue weighted by molar-refractivity contribution is 6.13. The van der Waals surface area contributed by atoms with Crippen LogP contribution in [-0.4, -0.2) is 24.5 Å². The van der Waals surface area contributed by atoms with E-state index in [1.807, 2.05) is 18.3 Å². The van der Waals surface area contributed by atoms with Gasteiger partial charge in [-0.15, -0.1) is 0 Å². The lowest BCUT2D eigenvalue weighted by Crippen LogP contribution is -2.01. The molecule has 0 aliphatic heterocycles. The molecule has 8 aromatic carbocycles. The summed E-state index contributed by atoms with van der Waals surface area (Å²) in [6.07, 6.45) is 3.59. The first-order chi connectivity index (χ1) is 29.7. The van der Waals surface area contributed by atoms with E-state index >= 15 is 0 Å². The summed E-state index contributed by atoms with van der Waals surface area (Å²) in [6, 6.07) is 65.6. The first-order valence-electron chi connectivity index (χ1n) is 20.0. The van der Waals surface area contributed by atoms with Crippen molar-refractivity contribution in [2.75, 3.05) is 0 Å². The minimum absolute atomic E-state index is 0.596. The van der Waals surface area contributed by atoms with Gasteiger partial charge in [-0.2, -0.15) is 0 Å². The summed E-state index contributed by atoms with van der Waals surface area (Å²) < 4.78 is 8.78. The molecule has 0 N–H and O–H groups in total. The van der Waals surface area contributed by atoms with Gasteiger partial charge in [0.15, 0.2) is 23.1 Å². The maximum absolute atomic E-state index is 6.45. The fraction of sp³-hybridized carbons (Fsp3) is 0. The molecule has 12 aromatic rings. The average molecular weight is 768 g/mol. The molecule has 60 heavy (non-hydrogen) atoms. The quantitative estimate of drug-likeness (QED) is 0.168. The zero-order valence-electron chi connectivity index (χ0n) is 32.2. The number of rotatable bonds is 6. The molecule has 0 unspecified atom stereocenters. The van der Waals surface area contributed by atoms with Crippen LogP contribution in [-0.2, 0) is 0 Å². The van der Waals surface area contributed by atoms with Crippen LogP contribution in [0.1, 0.15) is 0 Å². The molecule has 0 saturated heterocycles. The number of fused-ring (bicyclic) bond motifs is 7. The third-order valence-electron chi connectivity index (χ3n) is 11.6. The molecule has 0 fully saturated rings. The Hall–Kier alpha value is -8.22. The zero-order valence-corrected chi connectivity index (χ0v) is 32.2. The lowest BCUT2D eigenvalue weighted by atomic mass is 9.93. The van der Waals surface area contributed by atoms with Crippen LogP contribution in [0.2, 0.25) is 0 Å². The Kier molecular flexibility index (Phi) is 7.74. The van der Waals surface area contributed by atoms with E-state index < -0.39 is 0 Å². The van der Waals surface area contributed by atoms with Gasteiger partial charge in [-0.1, -0.05) is 152 Å².